The van der Waals surface area contributed by atoms with E-state index in [9.17, 15) is 9.90 Å². The minimum Gasteiger partial charge on any atom is -0.389 e. The number of hydrogen-bond acceptors (Lipinski definition) is 4. The highest BCUT2D eigenvalue weighted by molar-refractivity contribution is 5.78. The molecule has 0 atom stereocenters. The molecule has 5 heteroatoms. The minimum absolute atomic E-state index is 0.131. The van der Waals surface area contributed by atoms with E-state index in [1.807, 2.05) is 30.3 Å². The lowest BCUT2D eigenvalue weighted by molar-refractivity contribution is -0.121. The van der Waals surface area contributed by atoms with E-state index in [0.29, 0.717) is 11.5 Å². The topological polar surface area (TPSA) is 75.4 Å². The third kappa shape index (κ3) is 4.20. The van der Waals surface area contributed by atoms with Crippen molar-refractivity contribution in [2.75, 3.05) is 6.54 Å². The summed E-state index contributed by atoms with van der Waals surface area (Å²) in [5.74, 6) is 0.441. The van der Waals surface area contributed by atoms with Crippen LogP contribution in [0.1, 0.15) is 19.5 Å². The van der Waals surface area contributed by atoms with Gasteiger partial charge < -0.3 is 14.9 Å². The minimum atomic E-state index is -0.922. The number of aromatic nitrogens is 1. The lowest BCUT2D eigenvalue weighted by Crippen LogP contribution is -2.38. The molecule has 0 saturated carbocycles. The molecule has 1 aromatic carbocycles. The third-order valence-electron chi connectivity index (χ3n) is 2.68. The van der Waals surface area contributed by atoms with Crippen molar-refractivity contribution in [1.82, 2.24) is 10.5 Å². The Labute approximate surface area is 117 Å². The van der Waals surface area contributed by atoms with Crippen molar-refractivity contribution < 1.29 is 14.4 Å². The highest BCUT2D eigenvalue weighted by Crippen LogP contribution is 2.19. The van der Waals surface area contributed by atoms with Crippen molar-refractivity contribution in [3.05, 3.63) is 42.1 Å². The van der Waals surface area contributed by atoms with Gasteiger partial charge in [0.1, 0.15) is 0 Å². The Morgan fingerprint density at radius 2 is 2.05 bits per heavy atom. The standard InChI is InChI=1S/C15H18N2O3/c1-15(2,19)10-16-14(18)9-12-8-13(20-17-12)11-6-4-3-5-7-11/h3-8,19H,9-10H2,1-2H3,(H,16,18). The zero-order valence-electron chi connectivity index (χ0n) is 11.6. The van der Waals surface area contributed by atoms with Crippen molar-refractivity contribution in [3.63, 3.8) is 0 Å². The van der Waals surface area contributed by atoms with Gasteiger partial charge in [0.15, 0.2) is 5.76 Å². The first-order valence-electron chi connectivity index (χ1n) is 6.44. The van der Waals surface area contributed by atoms with Gasteiger partial charge in [0, 0.05) is 18.2 Å². The molecule has 1 heterocycles. The molecule has 0 saturated heterocycles. The number of aliphatic hydroxyl groups is 1. The van der Waals surface area contributed by atoms with Crippen LogP contribution in [0.3, 0.4) is 0 Å². The first-order chi connectivity index (χ1) is 9.44. The summed E-state index contributed by atoms with van der Waals surface area (Å²) in [6.07, 6.45) is 0.131. The molecule has 0 spiro atoms. The summed E-state index contributed by atoms with van der Waals surface area (Å²) < 4.78 is 5.22. The van der Waals surface area contributed by atoms with Crippen LogP contribution in [0.4, 0.5) is 0 Å². The number of hydrogen-bond donors (Lipinski definition) is 2. The molecule has 1 amide bonds. The van der Waals surface area contributed by atoms with Gasteiger partial charge in [-0.15, -0.1) is 0 Å². The zero-order valence-corrected chi connectivity index (χ0v) is 11.6. The van der Waals surface area contributed by atoms with Crippen molar-refractivity contribution in [1.29, 1.82) is 0 Å². The summed E-state index contributed by atoms with van der Waals surface area (Å²) in [6, 6.07) is 11.3. The highest BCUT2D eigenvalue weighted by Gasteiger charge is 2.15. The van der Waals surface area contributed by atoms with E-state index in [1.165, 1.54) is 0 Å². The number of carbonyl (C=O) groups is 1. The molecule has 0 aliphatic rings. The van der Waals surface area contributed by atoms with E-state index in [0.717, 1.165) is 5.56 Å². The number of nitrogens with zero attached hydrogens (tertiary/aromatic N) is 1. The van der Waals surface area contributed by atoms with Crippen LogP contribution in [-0.2, 0) is 11.2 Å². The van der Waals surface area contributed by atoms with Crippen LogP contribution in [0, 0.1) is 0 Å². The van der Waals surface area contributed by atoms with E-state index in [1.54, 1.807) is 19.9 Å². The van der Waals surface area contributed by atoms with Crippen molar-refractivity contribution >= 4 is 5.91 Å². The number of benzene rings is 1. The third-order valence-corrected chi connectivity index (χ3v) is 2.68. The molecular formula is C15H18N2O3. The SMILES string of the molecule is CC(C)(O)CNC(=O)Cc1cc(-c2ccccc2)on1. The van der Waals surface area contributed by atoms with Crippen molar-refractivity contribution in [3.8, 4) is 11.3 Å². The van der Waals surface area contributed by atoms with Gasteiger partial charge in [-0.3, -0.25) is 4.79 Å². The smallest absolute Gasteiger partial charge is 0.226 e. The van der Waals surface area contributed by atoms with Gasteiger partial charge in [-0.05, 0) is 13.8 Å². The summed E-state index contributed by atoms with van der Waals surface area (Å²) >= 11 is 0. The molecule has 2 rings (SSSR count). The molecule has 106 valence electrons. The maximum Gasteiger partial charge on any atom is 0.226 e. The number of carbonyl (C=O) groups excluding carboxylic acids is 1. The van der Waals surface area contributed by atoms with E-state index in [4.69, 9.17) is 4.52 Å². The maximum absolute atomic E-state index is 11.7. The van der Waals surface area contributed by atoms with Gasteiger partial charge in [-0.2, -0.15) is 0 Å². The largest absolute Gasteiger partial charge is 0.389 e. The molecular weight excluding hydrogens is 256 g/mol. The molecule has 2 aromatic rings. The van der Waals surface area contributed by atoms with Gasteiger partial charge >= 0.3 is 0 Å². The lowest BCUT2D eigenvalue weighted by atomic mass is 10.1. The van der Waals surface area contributed by atoms with Gasteiger partial charge in [-0.25, -0.2) is 0 Å². The van der Waals surface area contributed by atoms with Gasteiger partial charge in [0.05, 0.1) is 17.7 Å². The Kier molecular flexibility index (Phi) is 4.20. The summed E-state index contributed by atoms with van der Waals surface area (Å²) in [5.41, 5.74) is 0.564. The summed E-state index contributed by atoms with van der Waals surface area (Å²) in [5, 5.41) is 16.1. The zero-order chi connectivity index (χ0) is 14.6. The molecule has 0 unspecified atom stereocenters. The fraction of sp³-hybridized carbons (Fsp3) is 0.333. The molecule has 0 aliphatic carbocycles. The second-order valence-corrected chi connectivity index (χ2v) is 5.31. The highest BCUT2D eigenvalue weighted by atomic mass is 16.5. The Morgan fingerprint density at radius 3 is 2.70 bits per heavy atom. The van der Waals surface area contributed by atoms with Crippen LogP contribution >= 0.6 is 0 Å². The van der Waals surface area contributed by atoms with E-state index >= 15 is 0 Å². The summed E-state index contributed by atoms with van der Waals surface area (Å²) in [4.78, 5) is 11.7. The molecule has 0 aliphatic heterocycles. The van der Waals surface area contributed by atoms with E-state index < -0.39 is 5.60 Å². The Hall–Kier alpha value is -2.14. The quantitative estimate of drug-likeness (QED) is 0.871. The Morgan fingerprint density at radius 1 is 1.35 bits per heavy atom. The van der Waals surface area contributed by atoms with Crippen molar-refractivity contribution in [2.45, 2.75) is 25.9 Å². The average molecular weight is 274 g/mol. The van der Waals surface area contributed by atoms with Crippen LogP contribution < -0.4 is 5.32 Å². The van der Waals surface area contributed by atoms with Gasteiger partial charge in [0.2, 0.25) is 5.91 Å². The molecule has 0 bridgehead atoms. The van der Waals surface area contributed by atoms with Crippen LogP contribution in [0.15, 0.2) is 40.9 Å². The Balaban J connectivity index is 1.95. The molecule has 0 fully saturated rings. The predicted octanol–water partition coefficient (Wildman–Crippen LogP) is 1.77. The lowest BCUT2D eigenvalue weighted by Gasteiger charge is -2.17. The molecule has 5 nitrogen and oxygen atoms in total. The summed E-state index contributed by atoms with van der Waals surface area (Å²) in [6.45, 7) is 3.48. The average Bonchev–Trinajstić information content (AvgIpc) is 2.85. The van der Waals surface area contributed by atoms with Crippen LogP contribution in [-0.4, -0.2) is 28.3 Å². The van der Waals surface area contributed by atoms with Crippen LogP contribution in [0.5, 0.6) is 0 Å². The number of amides is 1. The van der Waals surface area contributed by atoms with E-state index in [-0.39, 0.29) is 18.9 Å². The summed E-state index contributed by atoms with van der Waals surface area (Å²) in [7, 11) is 0. The van der Waals surface area contributed by atoms with Crippen LogP contribution in [0.25, 0.3) is 11.3 Å². The van der Waals surface area contributed by atoms with E-state index in [2.05, 4.69) is 10.5 Å². The molecule has 2 N–H and O–H groups in total. The Bertz CT molecular complexity index is 570. The van der Waals surface area contributed by atoms with Gasteiger partial charge in [0.25, 0.3) is 0 Å². The van der Waals surface area contributed by atoms with Gasteiger partial charge in [-0.1, -0.05) is 35.5 Å². The monoisotopic (exact) mass is 274 g/mol. The normalized spacial score (nSPS) is 11.3. The maximum atomic E-state index is 11.7. The fourth-order valence-electron chi connectivity index (χ4n) is 1.68. The molecule has 0 radical (unpaired) electrons. The first kappa shape index (κ1) is 14.3. The predicted molar refractivity (Wildman–Crippen MR) is 75.0 cm³/mol. The number of rotatable bonds is 5. The molecule has 1 aromatic heterocycles. The second-order valence-electron chi connectivity index (χ2n) is 5.31. The van der Waals surface area contributed by atoms with Crippen molar-refractivity contribution in [2.24, 2.45) is 0 Å². The van der Waals surface area contributed by atoms with Crippen LogP contribution in [0.2, 0.25) is 0 Å². The fourth-order valence-corrected chi connectivity index (χ4v) is 1.68. The first-order valence-corrected chi connectivity index (χ1v) is 6.44. The number of nitrogens with one attached hydrogen (secondary N) is 1. The second kappa shape index (κ2) is 5.88. The molecule has 20 heavy (non-hydrogen) atoms.